The van der Waals surface area contributed by atoms with Gasteiger partial charge < -0.3 is 10.0 Å². The van der Waals surface area contributed by atoms with Gasteiger partial charge in [0.1, 0.15) is 0 Å². The van der Waals surface area contributed by atoms with Gasteiger partial charge in [0.05, 0.1) is 11.5 Å². The van der Waals surface area contributed by atoms with Gasteiger partial charge in [-0.15, -0.1) is 0 Å². The Morgan fingerprint density at radius 2 is 1.74 bits per heavy atom. The highest BCUT2D eigenvalue weighted by atomic mass is 16.3. The number of carbonyl (C=O) groups is 1. The molecular formula is C16H29NO2. The van der Waals surface area contributed by atoms with Gasteiger partial charge in [-0.2, -0.15) is 0 Å². The quantitative estimate of drug-likeness (QED) is 0.854. The third-order valence-electron chi connectivity index (χ3n) is 5.86. The lowest BCUT2D eigenvalue weighted by atomic mass is 9.67. The molecule has 3 heteroatoms. The van der Waals surface area contributed by atoms with E-state index in [4.69, 9.17) is 0 Å². The molecule has 0 aliphatic heterocycles. The Morgan fingerprint density at radius 1 is 1.21 bits per heavy atom. The van der Waals surface area contributed by atoms with Crippen LogP contribution in [0.1, 0.15) is 60.8 Å². The van der Waals surface area contributed by atoms with E-state index >= 15 is 0 Å². The molecule has 0 saturated heterocycles. The SMILES string of the molecule is CC(C)N(C(=O)[C@@]12CC[C@@H](C[C@@H]1O)C2(C)C)C(C)C. The molecular weight excluding hydrogens is 238 g/mol. The van der Waals surface area contributed by atoms with Crippen molar-refractivity contribution in [2.24, 2.45) is 16.7 Å². The van der Waals surface area contributed by atoms with E-state index in [1.165, 1.54) is 0 Å². The van der Waals surface area contributed by atoms with Gasteiger partial charge in [-0.05, 0) is 58.3 Å². The van der Waals surface area contributed by atoms with Gasteiger partial charge in [0, 0.05) is 12.1 Å². The maximum absolute atomic E-state index is 13.2. The molecule has 1 amide bonds. The van der Waals surface area contributed by atoms with Gasteiger partial charge in [0.2, 0.25) is 5.91 Å². The molecule has 2 aliphatic carbocycles. The van der Waals surface area contributed by atoms with Crippen LogP contribution in [0, 0.1) is 16.7 Å². The van der Waals surface area contributed by atoms with Crippen LogP contribution in [0.5, 0.6) is 0 Å². The van der Waals surface area contributed by atoms with E-state index in [2.05, 4.69) is 41.5 Å². The molecule has 0 radical (unpaired) electrons. The maximum Gasteiger partial charge on any atom is 0.232 e. The van der Waals surface area contributed by atoms with Crippen LogP contribution in [0.3, 0.4) is 0 Å². The van der Waals surface area contributed by atoms with Crippen LogP contribution in [0.25, 0.3) is 0 Å². The van der Waals surface area contributed by atoms with Gasteiger partial charge >= 0.3 is 0 Å². The Labute approximate surface area is 117 Å². The molecule has 2 fully saturated rings. The van der Waals surface area contributed by atoms with E-state index in [0.29, 0.717) is 5.92 Å². The predicted octanol–water partition coefficient (Wildman–Crippen LogP) is 2.82. The zero-order valence-electron chi connectivity index (χ0n) is 13.2. The lowest BCUT2D eigenvalue weighted by molar-refractivity contribution is -0.158. The number of nitrogens with zero attached hydrogens (tertiary/aromatic N) is 1. The number of rotatable bonds is 3. The molecule has 19 heavy (non-hydrogen) atoms. The lowest BCUT2D eigenvalue weighted by Crippen LogP contribution is -2.56. The monoisotopic (exact) mass is 267 g/mol. The van der Waals surface area contributed by atoms with E-state index in [-0.39, 0.29) is 23.4 Å². The Balaban J connectivity index is 2.41. The molecule has 110 valence electrons. The molecule has 1 N–H and O–H groups in total. The summed E-state index contributed by atoms with van der Waals surface area (Å²) in [6, 6.07) is 0.369. The van der Waals surface area contributed by atoms with Crippen molar-refractivity contribution in [1.29, 1.82) is 0 Å². The summed E-state index contributed by atoms with van der Waals surface area (Å²) < 4.78 is 0. The van der Waals surface area contributed by atoms with Gasteiger partial charge in [0.15, 0.2) is 0 Å². The molecule has 2 aliphatic rings. The second-order valence-corrected chi connectivity index (χ2v) is 7.58. The number of aliphatic hydroxyl groups excluding tert-OH is 1. The van der Waals surface area contributed by atoms with E-state index in [0.717, 1.165) is 19.3 Å². The van der Waals surface area contributed by atoms with Crippen molar-refractivity contribution in [2.75, 3.05) is 0 Å². The molecule has 0 aromatic heterocycles. The average molecular weight is 267 g/mol. The second kappa shape index (κ2) is 4.47. The van der Waals surface area contributed by atoms with Crippen LogP contribution in [-0.4, -0.2) is 34.1 Å². The number of carbonyl (C=O) groups excluding carboxylic acids is 1. The largest absolute Gasteiger partial charge is 0.392 e. The first kappa shape index (κ1) is 14.8. The van der Waals surface area contributed by atoms with Crippen LogP contribution in [-0.2, 0) is 4.79 Å². The normalized spacial score (nSPS) is 36.3. The Kier molecular flexibility index (Phi) is 3.49. The molecule has 3 nitrogen and oxygen atoms in total. The lowest BCUT2D eigenvalue weighted by Gasteiger charge is -2.45. The summed E-state index contributed by atoms with van der Waals surface area (Å²) in [5.41, 5.74) is -0.627. The summed E-state index contributed by atoms with van der Waals surface area (Å²) in [7, 11) is 0. The topological polar surface area (TPSA) is 40.5 Å². The summed E-state index contributed by atoms with van der Waals surface area (Å²) in [5, 5.41) is 10.5. The van der Waals surface area contributed by atoms with Crippen molar-refractivity contribution in [1.82, 2.24) is 4.90 Å². The molecule has 0 heterocycles. The molecule has 2 bridgehead atoms. The summed E-state index contributed by atoms with van der Waals surface area (Å²) in [5.74, 6) is 0.669. The van der Waals surface area contributed by atoms with Crippen LogP contribution >= 0.6 is 0 Å². The summed E-state index contributed by atoms with van der Waals surface area (Å²) in [6.07, 6.45) is 2.26. The minimum atomic E-state index is -0.549. The third kappa shape index (κ3) is 1.77. The van der Waals surface area contributed by atoms with Crippen LogP contribution in [0.2, 0.25) is 0 Å². The highest BCUT2D eigenvalue weighted by Crippen LogP contribution is 2.66. The molecule has 0 aromatic carbocycles. The maximum atomic E-state index is 13.2. The van der Waals surface area contributed by atoms with Crippen molar-refractivity contribution in [3.8, 4) is 0 Å². The number of aliphatic hydroxyl groups is 1. The van der Waals surface area contributed by atoms with E-state index in [1.807, 2.05) is 4.90 Å². The average Bonchev–Trinajstić information content (AvgIpc) is 2.61. The third-order valence-corrected chi connectivity index (χ3v) is 5.86. The van der Waals surface area contributed by atoms with Gasteiger partial charge in [-0.25, -0.2) is 0 Å². The van der Waals surface area contributed by atoms with Crippen LogP contribution in [0.4, 0.5) is 0 Å². The first-order chi connectivity index (χ1) is 8.66. The molecule has 0 aromatic rings. The zero-order chi connectivity index (χ0) is 14.6. The van der Waals surface area contributed by atoms with Gasteiger partial charge in [-0.1, -0.05) is 13.8 Å². The van der Waals surface area contributed by atoms with E-state index in [9.17, 15) is 9.90 Å². The molecule has 2 saturated carbocycles. The van der Waals surface area contributed by atoms with E-state index < -0.39 is 11.5 Å². The fourth-order valence-corrected chi connectivity index (χ4v) is 4.75. The van der Waals surface area contributed by atoms with Crippen molar-refractivity contribution < 1.29 is 9.90 Å². The second-order valence-electron chi connectivity index (χ2n) is 7.58. The molecule has 0 unspecified atom stereocenters. The first-order valence-corrected chi connectivity index (χ1v) is 7.67. The Hall–Kier alpha value is -0.570. The smallest absolute Gasteiger partial charge is 0.232 e. The van der Waals surface area contributed by atoms with Crippen molar-refractivity contribution in [2.45, 2.75) is 79.0 Å². The number of amides is 1. The van der Waals surface area contributed by atoms with Crippen molar-refractivity contribution >= 4 is 5.91 Å². The first-order valence-electron chi connectivity index (χ1n) is 7.67. The predicted molar refractivity (Wildman–Crippen MR) is 76.7 cm³/mol. The van der Waals surface area contributed by atoms with Gasteiger partial charge in [0.25, 0.3) is 0 Å². The molecule has 3 atom stereocenters. The number of hydrogen-bond acceptors (Lipinski definition) is 2. The zero-order valence-corrected chi connectivity index (χ0v) is 13.2. The number of hydrogen-bond donors (Lipinski definition) is 1. The van der Waals surface area contributed by atoms with Crippen LogP contribution in [0.15, 0.2) is 0 Å². The summed E-state index contributed by atoms with van der Waals surface area (Å²) in [6.45, 7) is 12.6. The highest BCUT2D eigenvalue weighted by Gasteiger charge is 2.68. The fourth-order valence-electron chi connectivity index (χ4n) is 4.75. The highest BCUT2D eigenvalue weighted by molar-refractivity contribution is 5.86. The number of fused-ring (bicyclic) bond motifs is 2. The summed E-state index contributed by atoms with van der Waals surface area (Å²) >= 11 is 0. The van der Waals surface area contributed by atoms with Crippen molar-refractivity contribution in [3.05, 3.63) is 0 Å². The minimum absolute atomic E-state index is 0.0778. The molecule has 0 spiro atoms. The van der Waals surface area contributed by atoms with Crippen LogP contribution < -0.4 is 0 Å². The van der Waals surface area contributed by atoms with Gasteiger partial charge in [-0.3, -0.25) is 4.79 Å². The standard InChI is InChI=1S/C16H29NO2/c1-10(2)17(11(3)4)14(19)16-8-7-12(9-13(16)18)15(16,5)6/h10-13,18H,7-9H2,1-6H3/t12-,13-,16+/m0/s1. The summed E-state index contributed by atoms with van der Waals surface area (Å²) in [4.78, 5) is 15.2. The fraction of sp³-hybridized carbons (Fsp3) is 0.938. The van der Waals surface area contributed by atoms with E-state index in [1.54, 1.807) is 0 Å². The van der Waals surface area contributed by atoms with Crippen molar-refractivity contribution in [3.63, 3.8) is 0 Å². The molecule has 2 rings (SSSR count). The Bertz CT molecular complexity index is 367. The Morgan fingerprint density at radius 3 is 2.05 bits per heavy atom. The minimum Gasteiger partial charge on any atom is -0.392 e.